The minimum atomic E-state index is 0.806. The number of nitrogens with zero attached hydrogens (tertiary/aromatic N) is 1. The number of hydrogen-bond acceptors (Lipinski definition) is 2. The van der Waals surface area contributed by atoms with E-state index in [9.17, 15) is 0 Å². The van der Waals surface area contributed by atoms with E-state index in [0.29, 0.717) is 0 Å². The van der Waals surface area contributed by atoms with Gasteiger partial charge < -0.3 is 5.32 Å². The van der Waals surface area contributed by atoms with Crippen molar-refractivity contribution in [2.45, 2.75) is 58.9 Å². The number of rotatable bonds is 7. The van der Waals surface area contributed by atoms with Crippen molar-refractivity contribution in [2.24, 2.45) is 5.92 Å². The Labute approximate surface area is 102 Å². The smallest absolute Gasteiger partial charge is 0.0220 e. The first-order valence-electron chi connectivity index (χ1n) is 7.18. The van der Waals surface area contributed by atoms with Gasteiger partial charge in [0.2, 0.25) is 0 Å². The molecule has 0 aromatic heterocycles. The number of likely N-dealkylation sites (N-methyl/N-ethyl adjacent to an activating group) is 1. The Hall–Kier alpha value is -0.0800. The number of piperidine rings is 1. The summed E-state index contributed by atoms with van der Waals surface area (Å²) in [5, 5.41) is 3.51. The maximum atomic E-state index is 3.51. The number of nitrogens with one attached hydrogen (secondary N) is 1. The highest BCUT2D eigenvalue weighted by molar-refractivity contribution is 4.78. The van der Waals surface area contributed by atoms with Crippen LogP contribution in [0, 0.1) is 5.92 Å². The molecule has 1 N–H and O–H groups in total. The topological polar surface area (TPSA) is 15.3 Å². The molecule has 2 nitrogen and oxygen atoms in total. The summed E-state index contributed by atoms with van der Waals surface area (Å²) in [6.07, 6.45) is 6.99. The zero-order chi connectivity index (χ0) is 11.8. The summed E-state index contributed by atoms with van der Waals surface area (Å²) in [6, 6.07) is 0.806. The molecule has 1 fully saturated rings. The van der Waals surface area contributed by atoms with Crippen LogP contribution in [0.1, 0.15) is 52.9 Å². The van der Waals surface area contributed by atoms with Crippen molar-refractivity contribution < 1.29 is 0 Å². The Morgan fingerprint density at radius 2 is 2.12 bits per heavy atom. The van der Waals surface area contributed by atoms with Crippen molar-refractivity contribution in [2.75, 3.05) is 26.2 Å². The quantitative estimate of drug-likeness (QED) is 0.718. The zero-order valence-electron chi connectivity index (χ0n) is 11.5. The maximum absolute atomic E-state index is 3.51. The summed E-state index contributed by atoms with van der Waals surface area (Å²) < 4.78 is 0. The molecule has 0 radical (unpaired) electrons. The summed E-state index contributed by atoms with van der Waals surface area (Å²) in [5.41, 5.74) is 0. The minimum absolute atomic E-state index is 0.806. The third-order valence-electron chi connectivity index (χ3n) is 3.61. The molecule has 96 valence electrons. The third-order valence-corrected chi connectivity index (χ3v) is 3.61. The van der Waals surface area contributed by atoms with E-state index in [-0.39, 0.29) is 0 Å². The lowest BCUT2D eigenvalue weighted by molar-refractivity contribution is 0.142. The monoisotopic (exact) mass is 226 g/mol. The lowest BCUT2D eigenvalue weighted by atomic mass is 10.0. The predicted octanol–water partition coefficient (Wildman–Crippen LogP) is 2.89. The molecule has 2 heteroatoms. The summed E-state index contributed by atoms with van der Waals surface area (Å²) in [7, 11) is 0. The Morgan fingerprint density at radius 3 is 2.81 bits per heavy atom. The van der Waals surface area contributed by atoms with Crippen LogP contribution in [0.3, 0.4) is 0 Å². The summed E-state index contributed by atoms with van der Waals surface area (Å²) in [4.78, 5) is 2.72. The molecule has 0 aliphatic carbocycles. The Kier molecular flexibility index (Phi) is 7.06. The molecule has 0 aromatic rings. The Bertz CT molecular complexity index is 168. The normalized spacial score (nSPS) is 22.9. The molecular formula is C14H30N2. The molecule has 1 saturated heterocycles. The fraction of sp³-hybridized carbons (Fsp3) is 1.00. The lowest BCUT2D eigenvalue weighted by Gasteiger charge is -2.36. The van der Waals surface area contributed by atoms with Crippen molar-refractivity contribution in [3.8, 4) is 0 Å². The van der Waals surface area contributed by atoms with E-state index in [2.05, 4.69) is 31.0 Å². The predicted molar refractivity (Wildman–Crippen MR) is 71.8 cm³/mol. The molecular weight excluding hydrogens is 196 g/mol. The first-order chi connectivity index (χ1) is 7.74. The van der Waals surface area contributed by atoms with Crippen molar-refractivity contribution >= 4 is 0 Å². The lowest BCUT2D eigenvalue weighted by Crippen LogP contribution is -2.45. The van der Waals surface area contributed by atoms with Crippen LogP contribution in [0.25, 0.3) is 0 Å². The van der Waals surface area contributed by atoms with Crippen LogP contribution in [0.15, 0.2) is 0 Å². The standard InChI is InChI=1S/C14H30N2/c1-4-15-12-14-9-5-6-10-16(14)11-7-8-13(2)3/h13-15H,4-12H2,1-3H3. The first-order valence-corrected chi connectivity index (χ1v) is 7.18. The fourth-order valence-corrected chi connectivity index (χ4v) is 2.60. The molecule has 1 heterocycles. The molecule has 1 rings (SSSR count). The van der Waals surface area contributed by atoms with Gasteiger partial charge in [-0.05, 0) is 51.2 Å². The van der Waals surface area contributed by atoms with E-state index in [1.54, 1.807) is 0 Å². The van der Waals surface area contributed by atoms with Crippen LogP contribution in [-0.4, -0.2) is 37.1 Å². The van der Waals surface area contributed by atoms with Gasteiger partial charge in [-0.2, -0.15) is 0 Å². The second-order valence-corrected chi connectivity index (χ2v) is 5.53. The van der Waals surface area contributed by atoms with Gasteiger partial charge in [-0.15, -0.1) is 0 Å². The molecule has 1 aliphatic rings. The molecule has 0 bridgehead atoms. The molecule has 0 spiro atoms. The average Bonchev–Trinajstić information content (AvgIpc) is 2.27. The molecule has 1 aliphatic heterocycles. The van der Waals surface area contributed by atoms with Gasteiger partial charge in [0.15, 0.2) is 0 Å². The van der Waals surface area contributed by atoms with Crippen molar-refractivity contribution in [1.29, 1.82) is 0 Å². The molecule has 1 atom stereocenters. The fourth-order valence-electron chi connectivity index (χ4n) is 2.60. The van der Waals surface area contributed by atoms with Crippen molar-refractivity contribution in [1.82, 2.24) is 10.2 Å². The maximum Gasteiger partial charge on any atom is 0.0220 e. The van der Waals surface area contributed by atoms with E-state index < -0.39 is 0 Å². The molecule has 0 saturated carbocycles. The largest absolute Gasteiger partial charge is 0.315 e. The van der Waals surface area contributed by atoms with E-state index in [1.807, 2.05) is 0 Å². The summed E-state index contributed by atoms with van der Waals surface area (Å²) in [5.74, 6) is 0.858. The van der Waals surface area contributed by atoms with Crippen LogP contribution >= 0.6 is 0 Å². The summed E-state index contributed by atoms with van der Waals surface area (Å²) in [6.45, 7) is 11.8. The van der Waals surface area contributed by atoms with E-state index in [0.717, 1.165) is 18.5 Å². The van der Waals surface area contributed by atoms with E-state index in [4.69, 9.17) is 0 Å². The number of likely N-dealkylation sites (tertiary alicyclic amines) is 1. The first kappa shape index (κ1) is 14.0. The van der Waals surface area contributed by atoms with Crippen LogP contribution in [0.2, 0.25) is 0 Å². The molecule has 0 aromatic carbocycles. The third kappa shape index (κ3) is 5.31. The number of hydrogen-bond donors (Lipinski definition) is 1. The van der Waals surface area contributed by atoms with Gasteiger partial charge >= 0.3 is 0 Å². The van der Waals surface area contributed by atoms with Crippen LogP contribution in [-0.2, 0) is 0 Å². The molecule has 16 heavy (non-hydrogen) atoms. The summed E-state index contributed by atoms with van der Waals surface area (Å²) >= 11 is 0. The van der Waals surface area contributed by atoms with Crippen molar-refractivity contribution in [3.05, 3.63) is 0 Å². The van der Waals surface area contributed by atoms with Crippen molar-refractivity contribution in [3.63, 3.8) is 0 Å². The average molecular weight is 226 g/mol. The van der Waals surface area contributed by atoms with E-state index in [1.165, 1.54) is 51.7 Å². The second-order valence-electron chi connectivity index (χ2n) is 5.53. The SMILES string of the molecule is CCNCC1CCCCN1CCCC(C)C. The van der Waals surface area contributed by atoms with Gasteiger partial charge in [0.1, 0.15) is 0 Å². The Balaban J connectivity index is 2.23. The highest BCUT2D eigenvalue weighted by Crippen LogP contribution is 2.17. The van der Waals surface area contributed by atoms with Gasteiger partial charge in [-0.25, -0.2) is 0 Å². The van der Waals surface area contributed by atoms with Crippen LogP contribution < -0.4 is 5.32 Å². The molecule has 0 amide bonds. The highest BCUT2D eigenvalue weighted by atomic mass is 15.2. The van der Waals surface area contributed by atoms with Gasteiger partial charge in [0, 0.05) is 12.6 Å². The zero-order valence-corrected chi connectivity index (χ0v) is 11.5. The minimum Gasteiger partial charge on any atom is -0.315 e. The van der Waals surface area contributed by atoms with Gasteiger partial charge in [-0.3, -0.25) is 4.90 Å². The van der Waals surface area contributed by atoms with Crippen LogP contribution in [0.4, 0.5) is 0 Å². The van der Waals surface area contributed by atoms with Gasteiger partial charge in [0.05, 0.1) is 0 Å². The van der Waals surface area contributed by atoms with Gasteiger partial charge in [0.25, 0.3) is 0 Å². The van der Waals surface area contributed by atoms with E-state index >= 15 is 0 Å². The molecule has 1 unspecified atom stereocenters. The van der Waals surface area contributed by atoms with Crippen LogP contribution in [0.5, 0.6) is 0 Å². The second kappa shape index (κ2) is 8.08. The van der Waals surface area contributed by atoms with Gasteiger partial charge in [-0.1, -0.05) is 27.2 Å². The Morgan fingerprint density at radius 1 is 1.31 bits per heavy atom. The highest BCUT2D eigenvalue weighted by Gasteiger charge is 2.21.